The Hall–Kier alpha value is -1.36. The number of carbonyl (C=O) groups excluding carboxylic acids is 1. The lowest BCUT2D eigenvalue weighted by Gasteiger charge is -2.29. The van der Waals surface area contributed by atoms with Crippen LogP contribution in [0.25, 0.3) is 0 Å². The quantitative estimate of drug-likeness (QED) is 0.868. The first-order valence-electron chi connectivity index (χ1n) is 6.60. The van der Waals surface area contributed by atoms with Gasteiger partial charge in [0.15, 0.2) is 0 Å². The van der Waals surface area contributed by atoms with Crippen LogP contribution in [0.4, 0.5) is 0 Å². The van der Waals surface area contributed by atoms with Gasteiger partial charge in [-0.2, -0.15) is 0 Å². The van der Waals surface area contributed by atoms with Crippen molar-refractivity contribution in [3.05, 3.63) is 18.2 Å². The zero-order valence-corrected chi connectivity index (χ0v) is 11.4. The minimum atomic E-state index is 0.0682. The monoisotopic (exact) mass is 250 g/mol. The van der Waals surface area contributed by atoms with Gasteiger partial charge in [0.2, 0.25) is 0 Å². The lowest BCUT2D eigenvalue weighted by Crippen LogP contribution is -2.45. The minimum absolute atomic E-state index is 0.0682. The third kappa shape index (κ3) is 2.72. The molecule has 1 unspecified atom stereocenters. The Morgan fingerprint density at radius 2 is 2.44 bits per heavy atom. The van der Waals surface area contributed by atoms with Gasteiger partial charge in [0.05, 0.1) is 12.5 Å². The highest BCUT2D eigenvalue weighted by Gasteiger charge is 2.25. The predicted molar refractivity (Wildman–Crippen MR) is 70.4 cm³/mol. The normalized spacial score (nSPS) is 19.4. The van der Waals surface area contributed by atoms with Gasteiger partial charge in [-0.1, -0.05) is 0 Å². The first kappa shape index (κ1) is 13.1. The summed E-state index contributed by atoms with van der Waals surface area (Å²) < 4.78 is 1.78. The van der Waals surface area contributed by atoms with E-state index in [1.165, 1.54) is 6.42 Å². The van der Waals surface area contributed by atoms with Crippen LogP contribution in [0.1, 0.15) is 37.2 Å². The van der Waals surface area contributed by atoms with E-state index in [0.717, 1.165) is 19.5 Å². The average Bonchev–Trinajstić information content (AvgIpc) is 2.95. The molecule has 1 atom stereocenters. The number of aryl methyl sites for hydroxylation is 1. The fourth-order valence-electron chi connectivity index (χ4n) is 2.39. The Kier molecular flexibility index (Phi) is 4.01. The van der Waals surface area contributed by atoms with Crippen molar-refractivity contribution in [1.82, 2.24) is 19.8 Å². The lowest BCUT2D eigenvalue weighted by molar-refractivity contribution is 0.0679. The Morgan fingerprint density at radius 3 is 2.94 bits per heavy atom. The molecule has 18 heavy (non-hydrogen) atoms. The summed E-state index contributed by atoms with van der Waals surface area (Å²) in [6.45, 7) is 5.96. The van der Waals surface area contributed by atoms with Gasteiger partial charge in [0, 0.05) is 25.7 Å². The second kappa shape index (κ2) is 5.52. The van der Waals surface area contributed by atoms with Crippen molar-refractivity contribution in [2.24, 2.45) is 7.05 Å². The lowest BCUT2D eigenvalue weighted by atomic mass is 10.2. The standard InChI is InChI=1S/C13H22N4O/c1-10(2)17(8-11-5-4-6-15-11)13(18)12-7-14-9-16(12)3/h7,9-11,15H,4-6,8H2,1-3H3. The van der Waals surface area contributed by atoms with E-state index in [4.69, 9.17) is 0 Å². The molecule has 1 aromatic heterocycles. The molecule has 2 heterocycles. The van der Waals surface area contributed by atoms with Gasteiger partial charge in [-0.3, -0.25) is 4.79 Å². The molecule has 1 aromatic rings. The van der Waals surface area contributed by atoms with E-state index in [2.05, 4.69) is 24.1 Å². The molecule has 2 rings (SSSR count). The number of amides is 1. The maximum atomic E-state index is 12.5. The summed E-state index contributed by atoms with van der Waals surface area (Å²) in [4.78, 5) is 18.4. The highest BCUT2D eigenvalue weighted by atomic mass is 16.2. The molecule has 0 aliphatic carbocycles. The van der Waals surface area contributed by atoms with Crippen LogP contribution in [-0.4, -0.2) is 45.5 Å². The number of hydrogen-bond acceptors (Lipinski definition) is 3. The number of rotatable bonds is 4. The van der Waals surface area contributed by atoms with E-state index in [-0.39, 0.29) is 11.9 Å². The number of nitrogens with one attached hydrogen (secondary N) is 1. The number of hydrogen-bond donors (Lipinski definition) is 1. The summed E-state index contributed by atoms with van der Waals surface area (Å²) in [6, 6.07) is 0.638. The molecule has 0 bridgehead atoms. The first-order valence-corrected chi connectivity index (χ1v) is 6.60. The molecule has 5 heteroatoms. The topological polar surface area (TPSA) is 50.2 Å². The third-order valence-corrected chi connectivity index (χ3v) is 3.50. The Morgan fingerprint density at radius 1 is 1.67 bits per heavy atom. The maximum Gasteiger partial charge on any atom is 0.272 e. The van der Waals surface area contributed by atoms with Crippen molar-refractivity contribution in [1.29, 1.82) is 0 Å². The molecule has 0 spiro atoms. The van der Waals surface area contributed by atoms with Crippen molar-refractivity contribution in [3.63, 3.8) is 0 Å². The van der Waals surface area contributed by atoms with Gasteiger partial charge in [-0.15, -0.1) is 0 Å². The van der Waals surface area contributed by atoms with Gasteiger partial charge in [0.25, 0.3) is 5.91 Å². The summed E-state index contributed by atoms with van der Waals surface area (Å²) >= 11 is 0. The van der Waals surface area contributed by atoms with Crippen LogP contribution < -0.4 is 5.32 Å². The Balaban J connectivity index is 2.09. The predicted octanol–water partition coefficient (Wildman–Crippen LogP) is 1.02. The number of carbonyl (C=O) groups is 1. The Labute approximate surface area is 108 Å². The van der Waals surface area contributed by atoms with E-state index in [1.807, 2.05) is 11.9 Å². The summed E-state index contributed by atoms with van der Waals surface area (Å²) in [6.07, 6.45) is 5.66. The largest absolute Gasteiger partial charge is 0.333 e. The smallest absolute Gasteiger partial charge is 0.272 e. The van der Waals surface area contributed by atoms with Crippen molar-refractivity contribution in [2.75, 3.05) is 13.1 Å². The van der Waals surface area contributed by atoms with Gasteiger partial charge in [-0.25, -0.2) is 4.98 Å². The summed E-state index contributed by atoms with van der Waals surface area (Å²) in [5.41, 5.74) is 0.654. The van der Waals surface area contributed by atoms with Crippen molar-refractivity contribution in [3.8, 4) is 0 Å². The second-order valence-electron chi connectivity index (χ2n) is 5.23. The number of nitrogens with zero attached hydrogens (tertiary/aromatic N) is 3. The zero-order chi connectivity index (χ0) is 13.1. The number of imidazole rings is 1. The molecule has 0 aromatic carbocycles. The molecular formula is C13H22N4O. The van der Waals surface area contributed by atoms with E-state index in [1.54, 1.807) is 17.1 Å². The fourth-order valence-corrected chi connectivity index (χ4v) is 2.39. The molecule has 1 fully saturated rings. The molecule has 0 saturated carbocycles. The molecule has 0 radical (unpaired) electrons. The van der Waals surface area contributed by atoms with Gasteiger partial charge in [-0.05, 0) is 33.2 Å². The Bertz CT molecular complexity index is 407. The van der Waals surface area contributed by atoms with Crippen LogP contribution in [0.2, 0.25) is 0 Å². The van der Waals surface area contributed by atoms with Gasteiger partial charge < -0.3 is 14.8 Å². The van der Waals surface area contributed by atoms with Crippen LogP contribution >= 0.6 is 0 Å². The van der Waals surface area contributed by atoms with Gasteiger partial charge >= 0.3 is 0 Å². The summed E-state index contributed by atoms with van der Waals surface area (Å²) in [7, 11) is 1.85. The van der Waals surface area contributed by atoms with Crippen LogP contribution in [-0.2, 0) is 7.05 Å². The first-order chi connectivity index (χ1) is 8.59. The number of aromatic nitrogens is 2. The molecular weight excluding hydrogens is 228 g/mol. The van der Waals surface area contributed by atoms with Crippen molar-refractivity contribution >= 4 is 5.91 Å². The molecule has 1 N–H and O–H groups in total. The van der Waals surface area contributed by atoms with Crippen molar-refractivity contribution < 1.29 is 4.79 Å². The second-order valence-corrected chi connectivity index (χ2v) is 5.23. The summed E-state index contributed by atoms with van der Waals surface area (Å²) in [5.74, 6) is 0.0682. The molecule has 100 valence electrons. The van der Waals surface area contributed by atoms with E-state index in [9.17, 15) is 4.79 Å². The van der Waals surface area contributed by atoms with Crippen molar-refractivity contribution in [2.45, 2.75) is 38.8 Å². The van der Waals surface area contributed by atoms with Gasteiger partial charge in [0.1, 0.15) is 5.69 Å². The van der Waals surface area contributed by atoms with E-state index in [0.29, 0.717) is 11.7 Å². The highest BCUT2D eigenvalue weighted by Crippen LogP contribution is 2.12. The van der Waals surface area contributed by atoms with Crippen LogP contribution in [0.3, 0.4) is 0 Å². The molecule has 1 aliphatic rings. The van der Waals surface area contributed by atoms with E-state index >= 15 is 0 Å². The minimum Gasteiger partial charge on any atom is -0.333 e. The third-order valence-electron chi connectivity index (χ3n) is 3.50. The zero-order valence-electron chi connectivity index (χ0n) is 11.4. The van der Waals surface area contributed by atoms with E-state index < -0.39 is 0 Å². The SMILES string of the molecule is CC(C)N(CC1CCCN1)C(=O)c1cncn1C. The molecule has 1 amide bonds. The van der Waals surface area contributed by atoms with Crippen LogP contribution in [0.15, 0.2) is 12.5 Å². The molecule has 1 saturated heterocycles. The fraction of sp³-hybridized carbons (Fsp3) is 0.692. The highest BCUT2D eigenvalue weighted by molar-refractivity contribution is 5.92. The van der Waals surface area contributed by atoms with Crippen LogP contribution in [0.5, 0.6) is 0 Å². The average molecular weight is 250 g/mol. The maximum absolute atomic E-state index is 12.5. The van der Waals surface area contributed by atoms with Crippen LogP contribution in [0, 0.1) is 0 Å². The molecule has 5 nitrogen and oxygen atoms in total. The summed E-state index contributed by atoms with van der Waals surface area (Å²) in [5, 5.41) is 3.44. The molecule has 1 aliphatic heterocycles.